The fourth-order valence-electron chi connectivity index (χ4n) is 2.40. The molecule has 2 heterocycles. The topological polar surface area (TPSA) is 78.8 Å². The number of rotatable bonds is 5. The number of amides is 1. The molecule has 1 saturated heterocycles. The average Bonchev–Trinajstić information content (AvgIpc) is 2.90. The highest BCUT2D eigenvalue weighted by atomic mass is 16.5. The highest BCUT2D eigenvalue weighted by molar-refractivity contribution is 5.90. The van der Waals surface area contributed by atoms with Crippen molar-refractivity contribution in [2.24, 2.45) is 0 Å². The zero-order valence-corrected chi connectivity index (χ0v) is 12.8. The van der Waals surface area contributed by atoms with Gasteiger partial charge in [0.1, 0.15) is 0 Å². The van der Waals surface area contributed by atoms with Crippen molar-refractivity contribution in [2.75, 3.05) is 33.3 Å². The predicted octanol–water partition coefficient (Wildman–Crippen LogP) is 0.539. The average molecular weight is 297 g/mol. The Bertz CT molecular complexity index is 522. The van der Waals surface area contributed by atoms with Gasteiger partial charge in [-0.3, -0.25) is 14.7 Å². The van der Waals surface area contributed by atoms with Crippen molar-refractivity contribution < 1.29 is 13.9 Å². The zero-order chi connectivity index (χ0) is 15.4. The number of carbonyl (C=O) groups excluding carboxylic acids is 1. The maximum absolute atomic E-state index is 12.0. The van der Waals surface area contributed by atoms with Gasteiger partial charge >= 0.3 is 5.76 Å². The lowest BCUT2D eigenvalue weighted by Crippen LogP contribution is -2.46. The Morgan fingerprint density at radius 3 is 2.95 bits per heavy atom. The summed E-state index contributed by atoms with van der Waals surface area (Å²) in [4.78, 5) is 29.2. The van der Waals surface area contributed by atoms with Crippen LogP contribution < -0.4 is 5.76 Å². The van der Waals surface area contributed by atoms with Gasteiger partial charge in [0.25, 0.3) is 5.91 Å². The molecule has 1 aliphatic rings. The van der Waals surface area contributed by atoms with Crippen molar-refractivity contribution in [2.45, 2.75) is 32.4 Å². The van der Waals surface area contributed by atoms with Crippen molar-refractivity contribution in [1.82, 2.24) is 14.8 Å². The lowest BCUT2D eigenvalue weighted by molar-refractivity contribution is -0.0438. The van der Waals surface area contributed by atoms with Gasteiger partial charge in [-0.2, -0.15) is 0 Å². The molecule has 0 aliphatic carbocycles. The van der Waals surface area contributed by atoms with Crippen LogP contribution in [0.15, 0.2) is 15.4 Å². The van der Waals surface area contributed by atoms with E-state index in [1.54, 1.807) is 11.9 Å². The zero-order valence-electron chi connectivity index (χ0n) is 12.8. The summed E-state index contributed by atoms with van der Waals surface area (Å²) in [6, 6.07) is 0.505. The first kappa shape index (κ1) is 15.8. The quantitative estimate of drug-likeness (QED) is 0.858. The number of morpholine rings is 1. The van der Waals surface area contributed by atoms with E-state index < -0.39 is 5.76 Å². The molecule has 1 unspecified atom stereocenters. The molecular weight excluding hydrogens is 274 g/mol. The number of nitrogens with zero attached hydrogens (tertiary/aromatic N) is 2. The number of carbonyl (C=O) groups is 1. The molecule has 2 rings (SSSR count). The second kappa shape index (κ2) is 6.91. The van der Waals surface area contributed by atoms with E-state index in [9.17, 15) is 9.59 Å². The molecule has 1 aromatic rings. The van der Waals surface area contributed by atoms with E-state index in [4.69, 9.17) is 9.15 Å². The maximum Gasteiger partial charge on any atom is 0.416 e. The van der Waals surface area contributed by atoms with Crippen molar-refractivity contribution in [3.63, 3.8) is 0 Å². The minimum absolute atomic E-state index is 0.0378. The SMILES string of the molecule is CC(C)N1CCOC(CCN(C)C(=O)c2c[nH]c(=O)o2)C1. The van der Waals surface area contributed by atoms with E-state index in [0.717, 1.165) is 26.1 Å². The highest BCUT2D eigenvalue weighted by Gasteiger charge is 2.23. The Balaban J connectivity index is 1.82. The molecule has 0 saturated carbocycles. The molecule has 0 spiro atoms. The monoisotopic (exact) mass is 297 g/mol. The van der Waals surface area contributed by atoms with Gasteiger partial charge in [-0.1, -0.05) is 0 Å². The van der Waals surface area contributed by atoms with Gasteiger partial charge in [-0.25, -0.2) is 4.79 Å². The molecule has 0 aromatic carbocycles. The minimum atomic E-state index is -0.616. The molecule has 1 amide bonds. The van der Waals surface area contributed by atoms with Crippen LogP contribution >= 0.6 is 0 Å². The normalized spacial score (nSPS) is 19.9. The van der Waals surface area contributed by atoms with Crippen LogP contribution in [0, 0.1) is 0 Å². The number of nitrogens with one attached hydrogen (secondary N) is 1. The van der Waals surface area contributed by atoms with E-state index in [2.05, 4.69) is 23.7 Å². The predicted molar refractivity (Wildman–Crippen MR) is 77.4 cm³/mol. The van der Waals surface area contributed by atoms with Gasteiger partial charge in [0.15, 0.2) is 0 Å². The molecular formula is C14H23N3O4. The van der Waals surface area contributed by atoms with Crippen molar-refractivity contribution in [3.05, 3.63) is 22.5 Å². The minimum Gasteiger partial charge on any atom is -0.403 e. The van der Waals surface area contributed by atoms with E-state index in [1.807, 2.05) is 0 Å². The highest BCUT2D eigenvalue weighted by Crippen LogP contribution is 2.12. The van der Waals surface area contributed by atoms with E-state index in [1.165, 1.54) is 6.20 Å². The summed E-state index contributed by atoms with van der Waals surface area (Å²) in [5, 5.41) is 0. The summed E-state index contributed by atoms with van der Waals surface area (Å²) >= 11 is 0. The molecule has 0 bridgehead atoms. The van der Waals surface area contributed by atoms with E-state index in [-0.39, 0.29) is 17.8 Å². The van der Waals surface area contributed by atoms with Crippen molar-refractivity contribution >= 4 is 5.91 Å². The van der Waals surface area contributed by atoms with Crippen LogP contribution in [0.2, 0.25) is 0 Å². The number of aromatic amines is 1. The first-order chi connectivity index (χ1) is 9.97. The van der Waals surface area contributed by atoms with Gasteiger partial charge in [-0.15, -0.1) is 0 Å². The summed E-state index contributed by atoms with van der Waals surface area (Å²) in [6.45, 7) is 7.48. The molecule has 1 atom stereocenters. The number of hydrogen-bond acceptors (Lipinski definition) is 5. The molecule has 0 radical (unpaired) electrons. The third-order valence-electron chi connectivity index (χ3n) is 3.77. The summed E-state index contributed by atoms with van der Waals surface area (Å²) < 4.78 is 10.5. The first-order valence-electron chi connectivity index (χ1n) is 7.27. The Kier molecular flexibility index (Phi) is 5.19. The third kappa shape index (κ3) is 4.18. The molecule has 21 heavy (non-hydrogen) atoms. The standard InChI is InChI=1S/C14H23N3O4/c1-10(2)17-6-7-20-11(9-17)4-5-16(3)13(18)12-8-15-14(19)21-12/h8,10-11H,4-7,9H2,1-3H3,(H,15,19). The van der Waals surface area contributed by atoms with Gasteiger partial charge < -0.3 is 14.1 Å². The summed E-state index contributed by atoms with van der Waals surface area (Å²) in [5.41, 5.74) is 0. The van der Waals surface area contributed by atoms with Crippen LogP contribution in [0.1, 0.15) is 30.8 Å². The molecule has 7 heteroatoms. The lowest BCUT2D eigenvalue weighted by Gasteiger charge is -2.36. The fourth-order valence-corrected chi connectivity index (χ4v) is 2.40. The van der Waals surface area contributed by atoms with Crippen LogP contribution in [0.4, 0.5) is 0 Å². The number of ether oxygens (including phenoxy) is 1. The molecule has 7 nitrogen and oxygen atoms in total. The Morgan fingerprint density at radius 1 is 1.57 bits per heavy atom. The summed E-state index contributed by atoms with van der Waals surface area (Å²) in [7, 11) is 1.69. The van der Waals surface area contributed by atoms with Gasteiger partial charge in [0.2, 0.25) is 5.76 Å². The largest absolute Gasteiger partial charge is 0.416 e. The fraction of sp³-hybridized carbons (Fsp3) is 0.714. The molecule has 1 aromatic heterocycles. The van der Waals surface area contributed by atoms with Gasteiger partial charge in [-0.05, 0) is 20.3 Å². The number of aromatic nitrogens is 1. The Hall–Kier alpha value is -1.60. The van der Waals surface area contributed by atoms with E-state index >= 15 is 0 Å². The molecule has 118 valence electrons. The summed E-state index contributed by atoms with van der Waals surface area (Å²) in [6.07, 6.45) is 2.19. The molecule has 1 fully saturated rings. The molecule has 1 N–H and O–H groups in total. The Morgan fingerprint density at radius 2 is 2.33 bits per heavy atom. The number of hydrogen-bond donors (Lipinski definition) is 1. The lowest BCUT2D eigenvalue weighted by atomic mass is 10.1. The van der Waals surface area contributed by atoms with Gasteiger partial charge in [0, 0.05) is 32.7 Å². The molecule has 1 aliphatic heterocycles. The van der Waals surface area contributed by atoms with Crippen LogP contribution in [-0.4, -0.2) is 66.1 Å². The van der Waals surface area contributed by atoms with Crippen molar-refractivity contribution in [1.29, 1.82) is 0 Å². The number of oxazole rings is 1. The smallest absolute Gasteiger partial charge is 0.403 e. The van der Waals surface area contributed by atoms with E-state index in [0.29, 0.717) is 12.6 Å². The van der Waals surface area contributed by atoms with Crippen LogP contribution in [-0.2, 0) is 4.74 Å². The summed E-state index contributed by atoms with van der Waals surface area (Å²) in [5.74, 6) is -0.879. The second-order valence-electron chi connectivity index (χ2n) is 5.64. The van der Waals surface area contributed by atoms with Gasteiger partial charge in [0.05, 0.1) is 18.9 Å². The number of H-pyrrole nitrogens is 1. The Labute approximate surface area is 123 Å². The van der Waals surface area contributed by atoms with Crippen LogP contribution in [0.25, 0.3) is 0 Å². The second-order valence-corrected chi connectivity index (χ2v) is 5.64. The van der Waals surface area contributed by atoms with Crippen molar-refractivity contribution in [3.8, 4) is 0 Å². The van der Waals surface area contributed by atoms with Crippen LogP contribution in [0.5, 0.6) is 0 Å². The van der Waals surface area contributed by atoms with Crippen LogP contribution in [0.3, 0.4) is 0 Å². The first-order valence-corrected chi connectivity index (χ1v) is 7.27. The maximum atomic E-state index is 12.0. The third-order valence-corrected chi connectivity index (χ3v) is 3.77.